The lowest BCUT2D eigenvalue weighted by Crippen LogP contribution is -2.36. The number of benzene rings is 2. The fraction of sp³-hybridized carbons (Fsp3) is 0.278. The zero-order chi connectivity index (χ0) is 15.5. The number of aryl methyl sites for hydroxylation is 2. The van der Waals surface area contributed by atoms with Crippen molar-refractivity contribution in [2.75, 3.05) is 23.3 Å². The van der Waals surface area contributed by atoms with Crippen LogP contribution in [0.3, 0.4) is 0 Å². The highest BCUT2D eigenvalue weighted by atomic mass is 79.9. The Labute approximate surface area is 139 Å². The van der Waals surface area contributed by atoms with E-state index in [4.69, 9.17) is 0 Å². The standard InChI is InChI=1S/C18H19BrN2O/c1-13-8-9-16(15(19)11-13)20-18(22)12-21-10-4-6-14-5-2-3-7-17(14)21/h2-3,5,7-9,11H,4,6,10,12H2,1H3,(H,20,22). The van der Waals surface area contributed by atoms with Crippen LogP contribution in [-0.4, -0.2) is 19.0 Å². The Balaban J connectivity index is 1.70. The molecule has 0 fully saturated rings. The van der Waals surface area contributed by atoms with Crippen LogP contribution in [0.5, 0.6) is 0 Å². The van der Waals surface area contributed by atoms with E-state index in [1.807, 2.05) is 31.2 Å². The Morgan fingerprint density at radius 1 is 1.27 bits per heavy atom. The Morgan fingerprint density at radius 3 is 2.91 bits per heavy atom. The third-order valence-electron chi connectivity index (χ3n) is 3.94. The first kappa shape index (κ1) is 15.1. The molecule has 0 unspecified atom stereocenters. The molecule has 0 saturated heterocycles. The SMILES string of the molecule is Cc1ccc(NC(=O)CN2CCCc3ccccc32)c(Br)c1. The molecule has 1 N–H and O–H groups in total. The smallest absolute Gasteiger partial charge is 0.243 e. The topological polar surface area (TPSA) is 32.3 Å². The van der Waals surface area contributed by atoms with E-state index in [1.165, 1.54) is 11.3 Å². The maximum atomic E-state index is 12.4. The van der Waals surface area contributed by atoms with Gasteiger partial charge in [0, 0.05) is 16.7 Å². The molecule has 3 nitrogen and oxygen atoms in total. The van der Waals surface area contributed by atoms with Crippen LogP contribution >= 0.6 is 15.9 Å². The summed E-state index contributed by atoms with van der Waals surface area (Å²) in [6, 6.07) is 14.3. The Bertz CT molecular complexity index is 699. The van der Waals surface area contributed by atoms with Crippen molar-refractivity contribution in [2.24, 2.45) is 0 Å². The van der Waals surface area contributed by atoms with E-state index >= 15 is 0 Å². The summed E-state index contributed by atoms with van der Waals surface area (Å²) in [6.45, 7) is 3.35. The lowest BCUT2D eigenvalue weighted by atomic mass is 10.0. The third kappa shape index (κ3) is 3.33. The highest BCUT2D eigenvalue weighted by molar-refractivity contribution is 9.10. The van der Waals surface area contributed by atoms with E-state index in [-0.39, 0.29) is 5.91 Å². The van der Waals surface area contributed by atoms with Gasteiger partial charge < -0.3 is 10.2 Å². The van der Waals surface area contributed by atoms with Crippen LogP contribution in [0.25, 0.3) is 0 Å². The maximum absolute atomic E-state index is 12.4. The van der Waals surface area contributed by atoms with Crippen LogP contribution in [0.4, 0.5) is 11.4 Å². The minimum absolute atomic E-state index is 0.0151. The Kier molecular flexibility index (Phi) is 4.48. The van der Waals surface area contributed by atoms with Gasteiger partial charge >= 0.3 is 0 Å². The molecular weight excluding hydrogens is 340 g/mol. The zero-order valence-corrected chi connectivity index (χ0v) is 14.2. The summed E-state index contributed by atoms with van der Waals surface area (Å²) in [5.74, 6) is 0.0151. The first-order valence-corrected chi connectivity index (χ1v) is 8.31. The molecule has 4 heteroatoms. The molecule has 114 valence electrons. The molecule has 0 saturated carbocycles. The zero-order valence-electron chi connectivity index (χ0n) is 12.6. The van der Waals surface area contributed by atoms with Gasteiger partial charge in [-0.1, -0.05) is 24.3 Å². The van der Waals surface area contributed by atoms with Gasteiger partial charge in [0.1, 0.15) is 0 Å². The van der Waals surface area contributed by atoms with Gasteiger partial charge in [-0.15, -0.1) is 0 Å². The number of rotatable bonds is 3. The largest absolute Gasteiger partial charge is 0.362 e. The number of halogens is 1. The van der Waals surface area contributed by atoms with Crippen molar-refractivity contribution in [1.82, 2.24) is 0 Å². The van der Waals surface area contributed by atoms with Crippen molar-refractivity contribution in [1.29, 1.82) is 0 Å². The van der Waals surface area contributed by atoms with Crippen molar-refractivity contribution in [2.45, 2.75) is 19.8 Å². The summed E-state index contributed by atoms with van der Waals surface area (Å²) >= 11 is 3.50. The van der Waals surface area contributed by atoms with E-state index in [9.17, 15) is 4.79 Å². The number of fused-ring (bicyclic) bond motifs is 1. The number of nitrogens with zero attached hydrogens (tertiary/aromatic N) is 1. The molecule has 1 aliphatic rings. The van der Waals surface area contributed by atoms with Gasteiger partial charge in [-0.05, 0) is 65.0 Å². The van der Waals surface area contributed by atoms with E-state index in [0.29, 0.717) is 6.54 Å². The van der Waals surface area contributed by atoms with Crippen LogP contribution in [0.1, 0.15) is 17.5 Å². The first-order valence-electron chi connectivity index (χ1n) is 7.52. The summed E-state index contributed by atoms with van der Waals surface area (Å²) in [5.41, 5.74) is 4.50. The average molecular weight is 359 g/mol. The predicted octanol–water partition coefficient (Wildman–Crippen LogP) is 4.15. The van der Waals surface area contributed by atoms with Crippen molar-refractivity contribution in [3.63, 3.8) is 0 Å². The molecule has 0 aromatic heterocycles. The lowest BCUT2D eigenvalue weighted by Gasteiger charge is -2.30. The molecule has 0 bridgehead atoms. The molecule has 0 aliphatic carbocycles. The van der Waals surface area contributed by atoms with Crippen molar-refractivity contribution < 1.29 is 4.79 Å². The Morgan fingerprint density at radius 2 is 2.09 bits per heavy atom. The van der Waals surface area contributed by atoms with Gasteiger partial charge in [-0.25, -0.2) is 0 Å². The maximum Gasteiger partial charge on any atom is 0.243 e. The first-order chi connectivity index (χ1) is 10.6. The molecule has 3 rings (SSSR count). The minimum atomic E-state index is 0.0151. The molecule has 1 amide bonds. The summed E-state index contributed by atoms with van der Waals surface area (Å²) in [5, 5.41) is 2.99. The van der Waals surface area contributed by atoms with Gasteiger partial charge in [0.25, 0.3) is 0 Å². The molecule has 2 aromatic carbocycles. The molecule has 2 aromatic rings. The summed E-state index contributed by atoms with van der Waals surface area (Å²) in [7, 11) is 0. The number of amides is 1. The number of carbonyl (C=O) groups excluding carboxylic acids is 1. The van der Waals surface area contributed by atoms with Gasteiger partial charge in [0.05, 0.1) is 12.2 Å². The average Bonchev–Trinajstić information content (AvgIpc) is 2.50. The fourth-order valence-electron chi connectivity index (χ4n) is 2.86. The predicted molar refractivity (Wildman–Crippen MR) is 94.5 cm³/mol. The van der Waals surface area contributed by atoms with Crippen LogP contribution in [0.2, 0.25) is 0 Å². The molecule has 22 heavy (non-hydrogen) atoms. The van der Waals surface area contributed by atoms with Gasteiger partial charge in [-0.2, -0.15) is 0 Å². The van der Waals surface area contributed by atoms with E-state index < -0.39 is 0 Å². The Hall–Kier alpha value is -1.81. The second kappa shape index (κ2) is 6.53. The van der Waals surface area contributed by atoms with Gasteiger partial charge in [-0.3, -0.25) is 4.79 Å². The summed E-state index contributed by atoms with van der Waals surface area (Å²) in [6.07, 6.45) is 2.19. The number of nitrogens with one attached hydrogen (secondary N) is 1. The van der Waals surface area contributed by atoms with Crippen LogP contribution < -0.4 is 10.2 Å². The number of carbonyl (C=O) groups is 1. The van der Waals surface area contributed by atoms with E-state index in [1.54, 1.807) is 0 Å². The monoisotopic (exact) mass is 358 g/mol. The normalized spacial score (nSPS) is 13.6. The second-order valence-electron chi connectivity index (χ2n) is 5.69. The van der Waals surface area contributed by atoms with Gasteiger partial charge in [0.15, 0.2) is 0 Å². The lowest BCUT2D eigenvalue weighted by molar-refractivity contribution is -0.115. The summed E-state index contributed by atoms with van der Waals surface area (Å²) < 4.78 is 0.917. The quantitative estimate of drug-likeness (QED) is 0.893. The van der Waals surface area contributed by atoms with E-state index in [2.05, 4.69) is 44.3 Å². The van der Waals surface area contributed by atoms with Crippen molar-refractivity contribution in [3.8, 4) is 0 Å². The molecule has 1 aliphatic heterocycles. The number of hydrogen-bond donors (Lipinski definition) is 1. The van der Waals surface area contributed by atoms with Crippen LogP contribution in [-0.2, 0) is 11.2 Å². The minimum Gasteiger partial charge on any atom is -0.362 e. The fourth-order valence-corrected chi connectivity index (χ4v) is 3.45. The highest BCUT2D eigenvalue weighted by Gasteiger charge is 2.18. The number of hydrogen-bond acceptors (Lipinski definition) is 2. The van der Waals surface area contributed by atoms with Crippen molar-refractivity contribution in [3.05, 3.63) is 58.1 Å². The third-order valence-corrected chi connectivity index (χ3v) is 4.60. The number of para-hydroxylation sites is 1. The molecule has 0 atom stereocenters. The van der Waals surface area contributed by atoms with Gasteiger partial charge in [0.2, 0.25) is 5.91 Å². The second-order valence-corrected chi connectivity index (χ2v) is 6.54. The number of anilines is 2. The van der Waals surface area contributed by atoms with Crippen LogP contribution in [0, 0.1) is 6.92 Å². The highest BCUT2D eigenvalue weighted by Crippen LogP contribution is 2.27. The summed E-state index contributed by atoms with van der Waals surface area (Å²) in [4.78, 5) is 14.5. The molecule has 0 spiro atoms. The van der Waals surface area contributed by atoms with Crippen LogP contribution in [0.15, 0.2) is 46.9 Å². The molecular formula is C18H19BrN2O. The van der Waals surface area contributed by atoms with E-state index in [0.717, 1.165) is 35.1 Å². The molecule has 1 heterocycles. The molecule has 0 radical (unpaired) electrons. The van der Waals surface area contributed by atoms with Crippen molar-refractivity contribution >= 4 is 33.2 Å².